The van der Waals surface area contributed by atoms with Crippen LogP contribution in [0, 0.1) is 5.92 Å². The molecule has 3 nitrogen and oxygen atoms in total. The van der Waals surface area contributed by atoms with E-state index in [1.165, 1.54) is 71.1 Å². The second-order valence-electron chi connectivity index (χ2n) is 7.51. The van der Waals surface area contributed by atoms with E-state index in [0.29, 0.717) is 10.8 Å². The predicted octanol–water partition coefficient (Wildman–Crippen LogP) is 3.69. The van der Waals surface area contributed by atoms with Gasteiger partial charge in [-0.05, 0) is 84.1 Å². The molecule has 1 atom stereocenters. The molecule has 3 aliphatic heterocycles. The Hall–Kier alpha value is 0.230. The van der Waals surface area contributed by atoms with Gasteiger partial charge in [0, 0.05) is 24.0 Å². The highest BCUT2D eigenvalue weighted by atomic mass is 32.1. The van der Waals surface area contributed by atoms with Gasteiger partial charge in [-0.2, -0.15) is 12.6 Å². The molecule has 0 bridgehead atoms. The van der Waals surface area contributed by atoms with Gasteiger partial charge >= 0.3 is 0 Å². The normalized spacial score (nSPS) is 30.0. The Kier molecular flexibility index (Phi) is 8.20. The monoisotopic (exact) mass is 342 g/mol. The fourth-order valence-corrected chi connectivity index (χ4v) is 4.98. The third-order valence-corrected chi connectivity index (χ3v) is 6.53. The summed E-state index contributed by atoms with van der Waals surface area (Å²) < 4.78 is 5.63. The van der Waals surface area contributed by atoms with Crippen LogP contribution in [0.15, 0.2) is 0 Å². The van der Waals surface area contributed by atoms with Crippen molar-refractivity contribution in [2.24, 2.45) is 5.92 Å². The second kappa shape index (κ2) is 9.65. The fraction of sp³-hybridized carbons (Fsp3) is 1.00. The molecule has 3 heterocycles. The molecule has 3 saturated heterocycles. The molecule has 3 aliphatic rings. The average molecular weight is 343 g/mol. The SMILES string of the molecule is CC.CN1CCC(CCN2CCC(S)CC23CCOCC3)CC1. The van der Waals surface area contributed by atoms with Crippen LogP contribution < -0.4 is 0 Å². The van der Waals surface area contributed by atoms with E-state index in [4.69, 9.17) is 17.4 Å². The van der Waals surface area contributed by atoms with Crippen LogP contribution >= 0.6 is 12.6 Å². The van der Waals surface area contributed by atoms with E-state index in [2.05, 4.69) is 16.8 Å². The highest BCUT2D eigenvalue weighted by molar-refractivity contribution is 7.80. The number of likely N-dealkylation sites (tertiary alicyclic amines) is 2. The van der Waals surface area contributed by atoms with Gasteiger partial charge < -0.3 is 9.64 Å². The Morgan fingerprint density at radius 1 is 1.04 bits per heavy atom. The van der Waals surface area contributed by atoms with Crippen molar-refractivity contribution in [3.05, 3.63) is 0 Å². The topological polar surface area (TPSA) is 15.7 Å². The van der Waals surface area contributed by atoms with Crippen molar-refractivity contribution in [2.75, 3.05) is 46.4 Å². The van der Waals surface area contributed by atoms with E-state index in [9.17, 15) is 0 Å². The molecule has 0 amide bonds. The average Bonchev–Trinajstić information content (AvgIpc) is 2.58. The quantitative estimate of drug-likeness (QED) is 0.788. The molecule has 23 heavy (non-hydrogen) atoms. The summed E-state index contributed by atoms with van der Waals surface area (Å²) in [6, 6.07) is 0. The zero-order chi connectivity index (χ0) is 16.7. The van der Waals surface area contributed by atoms with Crippen LogP contribution in [0.3, 0.4) is 0 Å². The summed E-state index contributed by atoms with van der Waals surface area (Å²) in [5.74, 6) is 0.951. The molecule has 1 unspecified atom stereocenters. The maximum atomic E-state index is 5.63. The van der Waals surface area contributed by atoms with E-state index in [-0.39, 0.29) is 0 Å². The van der Waals surface area contributed by atoms with Gasteiger partial charge in [0.25, 0.3) is 0 Å². The molecule has 0 N–H and O–H groups in total. The highest BCUT2D eigenvalue weighted by Crippen LogP contribution is 2.39. The summed E-state index contributed by atoms with van der Waals surface area (Å²) >= 11 is 4.79. The number of rotatable bonds is 3. The van der Waals surface area contributed by atoms with Crippen molar-refractivity contribution >= 4 is 12.6 Å². The summed E-state index contributed by atoms with van der Waals surface area (Å²) in [5.41, 5.74) is 0.411. The molecule has 0 saturated carbocycles. The molecule has 1 spiro atoms. The minimum atomic E-state index is 0.411. The Bertz CT molecular complexity index is 325. The van der Waals surface area contributed by atoms with Crippen molar-refractivity contribution in [2.45, 2.75) is 69.6 Å². The van der Waals surface area contributed by atoms with E-state index in [0.717, 1.165) is 19.1 Å². The number of hydrogen-bond acceptors (Lipinski definition) is 4. The molecule has 136 valence electrons. The first-order valence-corrected chi connectivity index (χ1v) is 10.4. The third-order valence-electron chi connectivity index (χ3n) is 6.09. The Morgan fingerprint density at radius 2 is 1.70 bits per heavy atom. The van der Waals surface area contributed by atoms with Crippen molar-refractivity contribution in [1.82, 2.24) is 9.80 Å². The van der Waals surface area contributed by atoms with E-state index < -0.39 is 0 Å². The second-order valence-corrected chi connectivity index (χ2v) is 8.24. The molecule has 3 fully saturated rings. The molecule has 0 radical (unpaired) electrons. The van der Waals surface area contributed by atoms with Gasteiger partial charge in [-0.25, -0.2) is 0 Å². The number of ether oxygens (including phenoxy) is 1. The van der Waals surface area contributed by atoms with Gasteiger partial charge in [0.1, 0.15) is 0 Å². The van der Waals surface area contributed by atoms with Gasteiger partial charge in [-0.3, -0.25) is 4.90 Å². The Labute approximate surface area is 149 Å². The van der Waals surface area contributed by atoms with Crippen molar-refractivity contribution in [3.8, 4) is 0 Å². The molecule has 0 aromatic carbocycles. The molecular formula is C19H38N2OS. The van der Waals surface area contributed by atoms with E-state index in [1.54, 1.807) is 0 Å². The molecule has 0 aromatic rings. The van der Waals surface area contributed by atoms with Crippen LogP contribution in [0.2, 0.25) is 0 Å². The molecule has 0 aliphatic carbocycles. The van der Waals surface area contributed by atoms with Crippen LogP contribution in [-0.4, -0.2) is 67.0 Å². The van der Waals surface area contributed by atoms with E-state index in [1.807, 2.05) is 13.8 Å². The smallest absolute Gasteiger partial charge is 0.0483 e. The van der Waals surface area contributed by atoms with Gasteiger partial charge in [0.15, 0.2) is 0 Å². The molecule has 0 aromatic heterocycles. The van der Waals surface area contributed by atoms with Gasteiger partial charge in [-0.1, -0.05) is 13.8 Å². The lowest BCUT2D eigenvalue weighted by molar-refractivity contribution is -0.0495. The van der Waals surface area contributed by atoms with Crippen LogP contribution in [0.25, 0.3) is 0 Å². The maximum Gasteiger partial charge on any atom is 0.0483 e. The molecular weight excluding hydrogens is 304 g/mol. The van der Waals surface area contributed by atoms with Crippen molar-refractivity contribution in [1.29, 1.82) is 0 Å². The first kappa shape index (κ1) is 19.6. The van der Waals surface area contributed by atoms with Gasteiger partial charge in [-0.15, -0.1) is 0 Å². The lowest BCUT2D eigenvalue weighted by Gasteiger charge is -2.51. The Balaban J connectivity index is 0.000000924. The zero-order valence-corrected chi connectivity index (χ0v) is 16.5. The third kappa shape index (κ3) is 5.35. The summed E-state index contributed by atoms with van der Waals surface area (Å²) in [5, 5.41) is 0.600. The van der Waals surface area contributed by atoms with Gasteiger partial charge in [0.2, 0.25) is 0 Å². The molecule has 4 heteroatoms. The Morgan fingerprint density at radius 3 is 2.35 bits per heavy atom. The van der Waals surface area contributed by atoms with Crippen LogP contribution in [0.1, 0.15) is 58.8 Å². The zero-order valence-electron chi connectivity index (χ0n) is 15.6. The standard InChI is InChI=1S/C17H32N2OS.C2H6/c1-18-8-2-15(3-9-18)4-10-19-11-5-16(21)14-17(19)6-12-20-13-7-17;1-2/h15-16,21H,2-14H2,1H3;1-2H3. The first-order valence-electron chi connectivity index (χ1n) is 9.87. The number of nitrogens with zero attached hydrogens (tertiary/aromatic N) is 2. The predicted molar refractivity (Wildman–Crippen MR) is 103 cm³/mol. The maximum absolute atomic E-state index is 5.63. The van der Waals surface area contributed by atoms with Crippen molar-refractivity contribution in [3.63, 3.8) is 0 Å². The largest absolute Gasteiger partial charge is 0.381 e. The van der Waals surface area contributed by atoms with E-state index >= 15 is 0 Å². The lowest BCUT2D eigenvalue weighted by Crippen LogP contribution is -2.57. The summed E-state index contributed by atoms with van der Waals surface area (Å²) in [6.45, 7) is 11.0. The van der Waals surface area contributed by atoms with Crippen LogP contribution in [0.4, 0.5) is 0 Å². The first-order chi connectivity index (χ1) is 11.2. The minimum absolute atomic E-state index is 0.411. The highest BCUT2D eigenvalue weighted by Gasteiger charge is 2.42. The summed E-state index contributed by atoms with van der Waals surface area (Å²) in [4.78, 5) is 5.30. The number of hydrogen-bond donors (Lipinski definition) is 1. The summed E-state index contributed by atoms with van der Waals surface area (Å²) in [6.07, 6.45) is 9.17. The number of piperidine rings is 2. The number of thiol groups is 1. The summed E-state index contributed by atoms with van der Waals surface area (Å²) in [7, 11) is 2.25. The lowest BCUT2D eigenvalue weighted by atomic mass is 9.79. The fourth-order valence-electron chi connectivity index (χ4n) is 4.52. The molecule has 3 rings (SSSR count). The van der Waals surface area contributed by atoms with Crippen LogP contribution in [0.5, 0.6) is 0 Å². The van der Waals surface area contributed by atoms with Crippen molar-refractivity contribution < 1.29 is 4.74 Å². The van der Waals surface area contributed by atoms with Gasteiger partial charge in [0.05, 0.1) is 0 Å². The van der Waals surface area contributed by atoms with Crippen LogP contribution in [-0.2, 0) is 4.74 Å². The minimum Gasteiger partial charge on any atom is -0.381 e.